The zero-order chi connectivity index (χ0) is 45.2. The highest BCUT2D eigenvalue weighted by Crippen LogP contribution is 2.44. The number of nitrogens with zero attached hydrogens (tertiary/aromatic N) is 2. The van der Waals surface area contributed by atoms with E-state index < -0.39 is 6.04 Å². The second-order valence-corrected chi connectivity index (χ2v) is 17.7. The summed E-state index contributed by atoms with van der Waals surface area (Å²) in [6.07, 6.45) is 1.92. The molecule has 1 unspecified atom stereocenters. The first-order chi connectivity index (χ1) is 32.9. The molecule has 0 bridgehead atoms. The van der Waals surface area contributed by atoms with Crippen molar-refractivity contribution < 1.29 is 8.83 Å². The standard InChI is InChI=1S/C63H46N2O2/c1-5-56(50-25-16-28-59-62(50)51-24-13-15-27-58(51)66-59)65-63(64-40(4)43-30-29-41-17-6-7-20-45(41)34-43)55-37-60-54(49-23-12-14-26-57(49)67-60)36-53(55)39(3)47-32-31-42-18-10-11-22-48(42)61(47)52-35-46-21-9-8-19-44(46)33-38(52)2/h5-37,39,56H,1H2,2-4H3/b64-40+,65-63-/t39?,56-/m1/s1. The van der Waals surface area contributed by atoms with E-state index in [4.69, 9.17) is 18.8 Å². The van der Waals surface area contributed by atoms with Crippen molar-refractivity contribution in [2.24, 2.45) is 9.98 Å². The van der Waals surface area contributed by atoms with Crippen molar-refractivity contribution in [3.8, 4) is 11.1 Å². The molecule has 10 aromatic carbocycles. The zero-order valence-corrected chi connectivity index (χ0v) is 37.6. The van der Waals surface area contributed by atoms with Crippen molar-refractivity contribution in [2.45, 2.75) is 32.7 Å². The average molecular weight is 863 g/mol. The van der Waals surface area contributed by atoms with Gasteiger partial charge in [0.2, 0.25) is 0 Å². The Labute approximate surface area is 388 Å². The van der Waals surface area contributed by atoms with Crippen LogP contribution < -0.4 is 0 Å². The topological polar surface area (TPSA) is 51.0 Å². The Kier molecular flexibility index (Phi) is 9.76. The van der Waals surface area contributed by atoms with Crippen molar-refractivity contribution >= 4 is 87.7 Å². The molecule has 0 aliphatic heterocycles. The summed E-state index contributed by atoms with van der Waals surface area (Å²) in [6.45, 7) is 11.1. The summed E-state index contributed by atoms with van der Waals surface area (Å²) in [5.74, 6) is 0.470. The van der Waals surface area contributed by atoms with Gasteiger partial charge >= 0.3 is 0 Å². The molecule has 0 aliphatic carbocycles. The first-order valence-electron chi connectivity index (χ1n) is 23.0. The molecule has 0 fully saturated rings. The fraction of sp³-hybridized carbons (Fsp3) is 0.0794. The first-order valence-corrected chi connectivity index (χ1v) is 23.0. The molecular formula is C63H46N2O2. The van der Waals surface area contributed by atoms with Crippen LogP contribution in [0.4, 0.5) is 0 Å². The number of benzene rings is 10. The lowest BCUT2D eigenvalue weighted by atomic mass is 9.81. The molecule has 0 saturated heterocycles. The van der Waals surface area contributed by atoms with Crippen LogP contribution >= 0.6 is 0 Å². The van der Waals surface area contributed by atoms with E-state index in [1.54, 1.807) is 0 Å². The minimum Gasteiger partial charge on any atom is -0.456 e. The van der Waals surface area contributed by atoms with Crippen LogP contribution in [0.2, 0.25) is 0 Å². The van der Waals surface area contributed by atoms with E-state index >= 15 is 0 Å². The van der Waals surface area contributed by atoms with Gasteiger partial charge < -0.3 is 8.83 Å². The van der Waals surface area contributed by atoms with Gasteiger partial charge in [0.1, 0.15) is 22.3 Å². The Hall–Kier alpha value is -8.34. The normalized spacial score (nSPS) is 13.4. The molecule has 320 valence electrons. The van der Waals surface area contributed by atoms with Crippen LogP contribution in [0.5, 0.6) is 0 Å². The van der Waals surface area contributed by atoms with Crippen molar-refractivity contribution in [3.05, 3.63) is 240 Å². The maximum absolute atomic E-state index is 6.70. The fourth-order valence-corrected chi connectivity index (χ4v) is 10.3. The summed E-state index contributed by atoms with van der Waals surface area (Å²) in [6, 6.07) is 68.4. The number of para-hydroxylation sites is 2. The van der Waals surface area contributed by atoms with Gasteiger partial charge in [-0.15, -0.1) is 6.58 Å². The second kappa shape index (κ2) is 16.3. The van der Waals surface area contributed by atoms with Crippen molar-refractivity contribution in [3.63, 3.8) is 0 Å². The smallest absolute Gasteiger partial charge is 0.156 e. The lowest BCUT2D eigenvalue weighted by molar-refractivity contribution is 0.668. The Morgan fingerprint density at radius 3 is 1.90 bits per heavy atom. The molecule has 0 radical (unpaired) electrons. The highest BCUT2D eigenvalue weighted by Gasteiger charge is 2.26. The number of hydrogen-bond acceptors (Lipinski definition) is 3. The van der Waals surface area contributed by atoms with Gasteiger partial charge in [-0.25, -0.2) is 4.99 Å². The van der Waals surface area contributed by atoms with Gasteiger partial charge in [-0.05, 0) is 128 Å². The number of hydrogen-bond donors (Lipinski definition) is 0. The molecule has 4 heteroatoms. The molecule has 0 spiro atoms. The van der Waals surface area contributed by atoms with E-state index in [1.165, 1.54) is 49.2 Å². The Bertz CT molecular complexity index is 4010. The minimum atomic E-state index is -0.473. The van der Waals surface area contributed by atoms with Crippen LogP contribution in [0.15, 0.2) is 226 Å². The highest BCUT2D eigenvalue weighted by atomic mass is 16.3. The van der Waals surface area contributed by atoms with Gasteiger partial charge in [0.15, 0.2) is 5.84 Å². The second-order valence-electron chi connectivity index (χ2n) is 17.7. The Morgan fingerprint density at radius 2 is 1.12 bits per heavy atom. The fourth-order valence-electron chi connectivity index (χ4n) is 10.3. The van der Waals surface area contributed by atoms with Gasteiger partial charge in [0, 0.05) is 38.7 Å². The number of fused-ring (bicyclic) bond motifs is 9. The molecule has 67 heavy (non-hydrogen) atoms. The van der Waals surface area contributed by atoms with Crippen LogP contribution in [0.25, 0.3) is 87.3 Å². The van der Waals surface area contributed by atoms with Gasteiger partial charge in [0.05, 0.1) is 6.04 Å². The molecule has 0 N–H and O–H groups in total. The number of rotatable bonds is 8. The quantitative estimate of drug-likeness (QED) is 0.0868. The lowest BCUT2D eigenvalue weighted by Crippen LogP contribution is -2.12. The van der Waals surface area contributed by atoms with E-state index in [0.717, 1.165) is 77.2 Å². The zero-order valence-electron chi connectivity index (χ0n) is 37.6. The number of amidine groups is 1. The summed E-state index contributed by atoms with van der Waals surface area (Å²) < 4.78 is 13.1. The average Bonchev–Trinajstić information content (AvgIpc) is 3.94. The van der Waals surface area contributed by atoms with Crippen LogP contribution in [0.3, 0.4) is 0 Å². The Balaban J connectivity index is 1.14. The van der Waals surface area contributed by atoms with Crippen molar-refractivity contribution in [1.82, 2.24) is 0 Å². The monoisotopic (exact) mass is 862 g/mol. The molecule has 2 aromatic heterocycles. The molecule has 12 aromatic rings. The summed E-state index contributed by atoms with van der Waals surface area (Å²) in [7, 11) is 0. The minimum absolute atomic E-state index is 0.122. The first kappa shape index (κ1) is 40.2. The van der Waals surface area contributed by atoms with Gasteiger partial charge in [-0.3, -0.25) is 4.99 Å². The van der Waals surface area contributed by atoms with Gasteiger partial charge in [-0.1, -0.05) is 165 Å². The van der Waals surface area contributed by atoms with Crippen LogP contribution in [-0.2, 0) is 0 Å². The Morgan fingerprint density at radius 1 is 0.507 bits per heavy atom. The predicted octanol–water partition coefficient (Wildman–Crippen LogP) is 17.3. The summed E-state index contributed by atoms with van der Waals surface area (Å²) in [4.78, 5) is 11.3. The third kappa shape index (κ3) is 6.92. The number of aliphatic imine (C=N–C) groups is 2. The number of aryl methyl sites for hydroxylation is 1. The van der Waals surface area contributed by atoms with Gasteiger partial charge in [0.25, 0.3) is 0 Å². The maximum Gasteiger partial charge on any atom is 0.156 e. The van der Waals surface area contributed by atoms with E-state index in [0.29, 0.717) is 5.84 Å². The molecule has 2 heterocycles. The number of furan rings is 2. The lowest BCUT2D eigenvalue weighted by Gasteiger charge is -2.24. The molecule has 4 nitrogen and oxygen atoms in total. The van der Waals surface area contributed by atoms with E-state index in [2.05, 4.69) is 185 Å². The van der Waals surface area contributed by atoms with E-state index in [-0.39, 0.29) is 5.92 Å². The molecule has 12 rings (SSSR count). The molecule has 2 atom stereocenters. The molecule has 0 amide bonds. The van der Waals surface area contributed by atoms with Gasteiger partial charge in [-0.2, -0.15) is 0 Å². The summed E-state index contributed by atoms with van der Waals surface area (Å²) >= 11 is 0. The van der Waals surface area contributed by atoms with E-state index in [1.807, 2.05) is 42.5 Å². The predicted molar refractivity (Wildman–Crippen MR) is 282 cm³/mol. The SMILES string of the molecule is C=C[C@@H](/N=C(\N=C(/C)c1ccc2ccccc2c1)c1cc2oc3ccccc3c2cc1C(C)c1ccc2ccccc2c1-c1cc2ccccc2cc1C)c1cccc2oc3ccccc3c12. The largest absolute Gasteiger partial charge is 0.456 e. The summed E-state index contributed by atoms with van der Waals surface area (Å²) in [5.41, 5.74) is 13.0. The maximum atomic E-state index is 6.70. The molecule has 0 saturated carbocycles. The third-order valence-electron chi connectivity index (χ3n) is 13.7. The van der Waals surface area contributed by atoms with Crippen LogP contribution in [0, 0.1) is 6.92 Å². The van der Waals surface area contributed by atoms with Crippen LogP contribution in [-0.4, -0.2) is 11.5 Å². The molecule has 0 aliphatic rings. The highest BCUT2D eigenvalue weighted by molar-refractivity contribution is 6.16. The third-order valence-corrected chi connectivity index (χ3v) is 13.7. The van der Waals surface area contributed by atoms with Crippen LogP contribution in [0.1, 0.15) is 59.2 Å². The van der Waals surface area contributed by atoms with Crippen molar-refractivity contribution in [2.75, 3.05) is 0 Å². The molecular weight excluding hydrogens is 817 g/mol. The van der Waals surface area contributed by atoms with E-state index in [9.17, 15) is 0 Å². The van der Waals surface area contributed by atoms with Crippen molar-refractivity contribution in [1.29, 1.82) is 0 Å². The summed E-state index contributed by atoms with van der Waals surface area (Å²) in [5, 5.41) is 11.4.